The number of primary amides is 1. The highest BCUT2D eigenvalue weighted by Gasteiger charge is 2.25. The molecule has 7 heteroatoms. The number of hydrogen-bond donors (Lipinski definition) is 3. The Hall–Kier alpha value is -2.25. The minimum Gasteiger partial charge on any atom is -0.365 e. The maximum Gasteiger partial charge on any atom is 0.280 e. The van der Waals surface area contributed by atoms with E-state index in [1.807, 2.05) is 13.1 Å². The van der Waals surface area contributed by atoms with Gasteiger partial charge in [-0.25, -0.2) is 4.39 Å². The molecule has 3 rings (SSSR count). The van der Waals surface area contributed by atoms with E-state index in [0.29, 0.717) is 17.1 Å². The van der Waals surface area contributed by atoms with Crippen molar-refractivity contribution < 1.29 is 18.9 Å². The van der Waals surface area contributed by atoms with E-state index in [1.165, 1.54) is 23.5 Å². The molecule has 2 amide bonds. The summed E-state index contributed by atoms with van der Waals surface area (Å²) in [6.45, 7) is 0.756. The fraction of sp³-hybridized carbons (Fsp3) is 0.368. The number of likely N-dealkylation sites (N-methyl/N-ethyl adjacent to an activating group) is 1. The van der Waals surface area contributed by atoms with Crippen molar-refractivity contribution >= 4 is 28.2 Å². The van der Waals surface area contributed by atoms with Crippen LogP contribution in [0, 0.1) is 5.82 Å². The number of quaternary nitrogens is 1. The third-order valence-corrected chi connectivity index (χ3v) is 5.74. The molecule has 0 fully saturated rings. The lowest BCUT2D eigenvalue weighted by molar-refractivity contribution is -0.885. The highest BCUT2D eigenvalue weighted by molar-refractivity contribution is 7.17. The van der Waals surface area contributed by atoms with Crippen molar-refractivity contribution in [1.29, 1.82) is 0 Å². The van der Waals surface area contributed by atoms with Crippen molar-refractivity contribution in [3.05, 3.63) is 51.7 Å². The summed E-state index contributed by atoms with van der Waals surface area (Å²) in [5.41, 5.74) is 7.86. The van der Waals surface area contributed by atoms with Crippen LogP contribution in [0.25, 0.3) is 0 Å². The van der Waals surface area contributed by atoms with Gasteiger partial charge in [0.25, 0.3) is 11.8 Å². The lowest BCUT2D eigenvalue weighted by Gasteiger charge is -2.14. The minimum atomic E-state index is -0.486. The molecule has 1 unspecified atom stereocenters. The number of carbonyl (C=O) groups is 2. The molecule has 0 spiro atoms. The second-order valence-electron chi connectivity index (χ2n) is 6.77. The highest BCUT2D eigenvalue weighted by Crippen LogP contribution is 2.37. The Labute approximate surface area is 156 Å². The predicted molar refractivity (Wildman–Crippen MR) is 100.0 cm³/mol. The normalized spacial score (nSPS) is 14.5. The number of nitrogens with two attached hydrogens (primary N) is 1. The summed E-state index contributed by atoms with van der Waals surface area (Å²) >= 11 is 1.46. The average molecular weight is 376 g/mol. The lowest BCUT2D eigenvalue weighted by Crippen LogP contribution is -3.08. The number of carbonyl (C=O) groups excluding carboxylic acids is 2. The van der Waals surface area contributed by atoms with Crippen LogP contribution in [0.15, 0.2) is 24.3 Å². The first-order valence-corrected chi connectivity index (χ1v) is 9.55. The van der Waals surface area contributed by atoms with E-state index in [1.54, 1.807) is 6.07 Å². The Kier molecular flexibility index (Phi) is 5.68. The van der Waals surface area contributed by atoms with Crippen LogP contribution >= 0.6 is 11.3 Å². The Bertz CT molecular complexity index is 834. The summed E-state index contributed by atoms with van der Waals surface area (Å²) in [5.74, 6) is -0.949. The van der Waals surface area contributed by atoms with Gasteiger partial charge in [-0.2, -0.15) is 0 Å². The molecular weight excluding hydrogens is 353 g/mol. The molecule has 1 heterocycles. The molecule has 0 saturated heterocycles. The third-order valence-electron chi connectivity index (χ3n) is 4.53. The topological polar surface area (TPSA) is 76.6 Å². The lowest BCUT2D eigenvalue weighted by atomic mass is 9.95. The molecule has 26 heavy (non-hydrogen) atoms. The molecule has 1 aliphatic rings. The molecule has 0 aliphatic heterocycles. The van der Waals surface area contributed by atoms with Gasteiger partial charge in [0.2, 0.25) is 0 Å². The van der Waals surface area contributed by atoms with Crippen molar-refractivity contribution in [2.45, 2.75) is 32.2 Å². The number of benzene rings is 1. The number of halogens is 1. The van der Waals surface area contributed by atoms with Gasteiger partial charge in [-0.1, -0.05) is 12.1 Å². The van der Waals surface area contributed by atoms with Gasteiger partial charge in [0.15, 0.2) is 6.54 Å². The second-order valence-corrected chi connectivity index (χ2v) is 7.87. The van der Waals surface area contributed by atoms with Crippen molar-refractivity contribution in [3.8, 4) is 0 Å². The molecule has 1 aliphatic carbocycles. The third kappa shape index (κ3) is 4.28. The first-order chi connectivity index (χ1) is 12.4. The quantitative estimate of drug-likeness (QED) is 0.715. The van der Waals surface area contributed by atoms with Crippen molar-refractivity contribution in [3.63, 3.8) is 0 Å². The number of amides is 2. The number of hydrogen-bond acceptors (Lipinski definition) is 3. The van der Waals surface area contributed by atoms with Crippen LogP contribution in [0.4, 0.5) is 9.39 Å². The van der Waals surface area contributed by atoms with Crippen LogP contribution in [-0.2, 0) is 24.2 Å². The van der Waals surface area contributed by atoms with Crippen LogP contribution in [0.1, 0.15) is 39.2 Å². The first-order valence-electron chi connectivity index (χ1n) is 8.74. The Balaban J connectivity index is 1.66. The fourth-order valence-electron chi connectivity index (χ4n) is 3.42. The molecule has 4 N–H and O–H groups in total. The smallest absolute Gasteiger partial charge is 0.280 e. The van der Waals surface area contributed by atoms with Gasteiger partial charge in [0.1, 0.15) is 17.4 Å². The summed E-state index contributed by atoms with van der Waals surface area (Å²) in [5, 5.41) is 3.42. The molecule has 2 aromatic rings. The highest BCUT2D eigenvalue weighted by atomic mass is 32.1. The molecule has 5 nitrogen and oxygen atoms in total. The van der Waals surface area contributed by atoms with E-state index in [2.05, 4.69) is 5.32 Å². The Morgan fingerprint density at radius 2 is 2.08 bits per heavy atom. The SMILES string of the molecule is C[NH+](CC(=O)Nc1sc2c(c1C(N)=O)CCCC2)Cc1cccc(F)c1. The maximum absolute atomic E-state index is 13.3. The van der Waals surface area contributed by atoms with E-state index >= 15 is 0 Å². The summed E-state index contributed by atoms with van der Waals surface area (Å²) in [6, 6.07) is 6.37. The molecule has 0 radical (unpaired) electrons. The van der Waals surface area contributed by atoms with Crippen molar-refractivity contribution in [2.24, 2.45) is 5.73 Å². The summed E-state index contributed by atoms with van der Waals surface area (Å²) in [7, 11) is 1.87. The molecule has 1 aromatic carbocycles. The molecular formula is C19H23FN3O2S+. The molecule has 138 valence electrons. The van der Waals surface area contributed by atoms with Crippen LogP contribution in [0.3, 0.4) is 0 Å². The second kappa shape index (κ2) is 7.97. The first kappa shape index (κ1) is 18.5. The van der Waals surface area contributed by atoms with Gasteiger partial charge in [0, 0.05) is 10.4 Å². The number of aryl methyl sites for hydroxylation is 1. The summed E-state index contributed by atoms with van der Waals surface area (Å²) < 4.78 is 13.3. The zero-order chi connectivity index (χ0) is 18.7. The van der Waals surface area contributed by atoms with E-state index in [4.69, 9.17) is 5.73 Å². The van der Waals surface area contributed by atoms with Crippen LogP contribution in [0.5, 0.6) is 0 Å². The number of fused-ring (bicyclic) bond motifs is 1. The average Bonchev–Trinajstić information content (AvgIpc) is 2.92. The largest absolute Gasteiger partial charge is 0.365 e. The van der Waals surface area contributed by atoms with Gasteiger partial charge in [-0.15, -0.1) is 11.3 Å². The van der Waals surface area contributed by atoms with Crippen molar-refractivity contribution in [1.82, 2.24) is 0 Å². The van der Waals surface area contributed by atoms with Crippen molar-refractivity contribution in [2.75, 3.05) is 18.9 Å². The molecule has 0 bridgehead atoms. The van der Waals surface area contributed by atoms with Gasteiger partial charge in [-0.05, 0) is 43.4 Å². The van der Waals surface area contributed by atoms with Gasteiger partial charge in [0.05, 0.1) is 12.6 Å². The zero-order valence-corrected chi connectivity index (χ0v) is 15.5. The zero-order valence-electron chi connectivity index (χ0n) is 14.7. The Morgan fingerprint density at radius 3 is 2.81 bits per heavy atom. The molecule has 1 aromatic heterocycles. The van der Waals surface area contributed by atoms with E-state index < -0.39 is 5.91 Å². The van der Waals surface area contributed by atoms with Gasteiger partial charge in [-0.3, -0.25) is 9.59 Å². The summed E-state index contributed by atoms with van der Waals surface area (Å²) in [4.78, 5) is 26.4. The van der Waals surface area contributed by atoms with E-state index in [9.17, 15) is 14.0 Å². The number of nitrogens with one attached hydrogen (secondary N) is 2. The number of rotatable bonds is 6. The number of anilines is 1. The Morgan fingerprint density at radius 1 is 1.31 bits per heavy atom. The standard InChI is InChI=1S/C19H22FN3O2S/c1-23(10-12-5-4-6-13(20)9-12)11-16(24)22-19-17(18(21)25)14-7-2-3-8-15(14)26-19/h4-6,9H,2-3,7-8,10-11H2,1H3,(H2,21,25)(H,22,24)/p+1. The van der Waals surface area contributed by atoms with Crippen LogP contribution < -0.4 is 16.0 Å². The molecule has 0 saturated carbocycles. The maximum atomic E-state index is 13.3. The van der Waals surface area contributed by atoms with Gasteiger partial charge < -0.3 is 16.0 Å². The summed E-state index contributed by atoms with van der Waals surface area (Å²) in [6.07, 6.45) is 3.91. The van der Waals surface area contributed by atoms with Crippen LogP contribution in [0.2, 0.25) is 0 Å². The van der Waals surface area contributed by atoms with E-state index in [-0.39, 0.29) is 18.3 Å². The monoisotopic (exact) mass is 376 g/mol. The minimum absolute atomic E-state index is 0.181. The predicted octanol–water partition coefficient (Wildman–Crippen LogP) is 1.52. The van der Waals surface area contributed by atoms with Gasteiger partial charge >= 0.3 is 0 Å². The fourth-order valence-corrected chi connectivity index (χ4v) is 4.73. The molecule has 1 atom stereocenters. The van der Waals surface area contributed by atoms with Crippen LogP contribution in [-0.4, -0.2) is 25.4 Å². The number of thiophene rings is 1. The van der Waals surface area contributed by atoms with E-state index in [0.717, 1.165) is 46.6 Å².